The Hall–Kier alpha value is -2.18. The maximum absolute atomic E-state index is 13.8. The Balaban J connectivity index is 1.98. The quantitative estimate of drug-likeness (QED) is 0.725. The molecule has 0 unspecified atom stereocenters. The number of thioether (sulfide) groups is 1. The van der Waals surface area contributed by atoms with Gasteiger partial charge in [-0.15, -0.1) is 0 Å². The van der Waals surface area contributed by atoms with E-state index < -0.39 is 22.8 Å². The van der Waals surface area contributed by atoms with Gasteiger partial charge in [-0.1, -0.05) is 17.7 Å². The number of halogens is 3. The van der Waals surface area contributed by atoms with Crippen molar-refractivity contribution in [1.82, 2.24) is 0 Å². The van der Waals surface area contributed by atoms with Crippen LogP contribution in [0.4, 0.5) is 19.3 Å². The van der Waals surface area contributed by atoms with Crippen molar-refractivity contribution in [3.05, 3.63) is 69.6 Å². The lowest BCUT2D eigenvalue weighted by atomic mass is 10.2. The van der Waals surface area contributed by atoms with Gasteiger partial charge in [0.1, 0.15) is 11.6 Å². The molecule has 0 radical (unpaired) electrons. The van der Waals surface area contributed by atoms with E-state index in [1.165, 1.54) is 36.4 Å². The van der Waals surface area contributed by atoms with E-state index >= 15 is 0 Å². The molecule has 2 aromatic rings. The minimum atomic E-state index is -0.606. The van der Waals surface area contributed by atoms with Gasteiger partial charge in [0, 0.05) is 5.56 Å². The van der Waals surface area contributed by atoms with Gasteiger partial charge in [0.25, 0.3) is 11.1 Å². The number of carbonyl (C=O) groups is 2. The van der Waals surface area contributed by atoms with Crippen molar-refractivity contribution in [3.63, 3.8) is 0 Å². The third kappa shape index (κ3) is 3.00. The van der Waals surface area contributed by atoms with Crippen LogP contribution >= 0.6 is 23.4 Å². The molecular formula is C16H8ClF2NO2S. The van der Waals surface area contributed by atoms with Gasteiger partial charge in [-0.2, -0.15) is 0 Å². The van der Waals surface area contributed by atoms with Crippen LogP contribution in [0, 0.1) is 11.6 Å². The van der Waals surface area contributed by atoms with E-state index in [1.807, 2.05) is 0 Å². The van der Waals surface area contributed by atoms with Crippen molar-refractivity contribution in [3.8, 4) is 0 Å². The van der Waals surface area contributed by atoms with Crippen LogP contribution in [0.1, 0.15) is 5.56 Å². The van der Waals surface area contributed by atoms with Gasteiger partial charge in [0.05, 0.1) is 15.6 Å². The molecule has 23 heavy (non-hydrogen) atoms. The summed E-state index contributed by atoms with van der Waals surface area (Å²) in [6, 6.07) is 9.09. The fourth-order valence-electron chi connectivity index (χ4n) is 2.06. The Kier molecular flexibility index (Phi) is 4.19. The lowest BCUT2D eigenvalue weighted by molar-refractivity contribution is -0.113. The standard InChI is InChI=1S/C16H8ClF2NO2S/c17-12-2-1-3-13(19)11(12)8-14-15(21)20(16(22)23-14)10-6-4-9(18)5-7-10/h1-8H/b14-8-. The van der Waals surface area contributed by atoms with E-state index in [1.54, 1.807) is 0 Å². The van der Waals surface area contributed by atoms with Crippen LogP contribution in [0.15, 0.2) is 47.4 Å². The van der Waals surface area contributed by atoms with Gasteiger partial charge >= 0.3 is 0 Å². The molecule has 0 saturated carbocycles. The smallest absolute Gasteiger partial charge is 0.268 e. The number of amides is 2. The number of nitrogens with zero attached hydrogens (tertiary/aromatic N) is 1. The molecule has 7 heteroatoms. The van der Waals surface area contributed by atoms with Crippen LogP contribution in [0.25, 0.3) is 6.08 Å². The van der Waals surface area contributed by atoms with E-state index in [0.29, 0.717) is 11.8 Å². The molecule has 1 aliphatic rings. The van der Waals surface area contributed by atoms with Crippen molar-refractivity contribution >= 4 is 46.3 Å². The summed E-state index contributed by atoms with van der Waals surface area (Å²) in [4.78, 5) is 25.4. The van der Waals surface area contributed by atoms with E-state index in [9.17, 15) is 18.4 Å². The number of carbonyl (C=O) groups excluding carboxylic acids is 2. The van der Waals surface area contributed by atoms with E-state index in [0.717, 1.165) is 17.0 Å². The molecule has 1 fully saturated rings. The minimum absolute atomic E-state index is 0.0405. The number of rotatable bonds is 2. The van der Waals surface area contributed by atoms with Crippen LogP contribution in [-0.2, 0) is 4.79 Å². The summed E-state index contributed by atoms with van der Waals surface area (Å²) in [6.45, 7) is 0. The molecule has 2 aromatic carbocycles. The van der Waals surface area contributed by atoms with Gasteiger partial charge in [-0.3, -0.25) is 9.59 Å². The number of anilines is 1. The van der Waals surface area contributed by atoms with Crippen LogP contribution in [0.3, 0.4) is 0 Å². The first-order valence-corrected chi connectivity index (χ1v) is 7.64. The average molecular weight is 352 g/mol. The zero-order valence-electron chi connectivity index (χ0n) is 11.4. The first kappa shape index (κ1) is 15.7. The molecule has 1 heterocycles. The maximum atomic E-state index is 13.8. The third-order valence-electron chi connectivity index (χ3n) is 3.15. The lowest BCUT2D eigenvalue weighted by Crippen LogP contribution is -2.27. The van der Waals surface area contributed by atoms with Crippen LogP contribution < -0.4 is 4.90 Å². The largest absolute Gasteiger partial charge is 0.298 e. The molecule has 3 nitrogen and oxygen atoms in total. The van der Waals surface area contributed by atoms with Gasteiger partial charge < -0.3 is 0 Å². The molecule has 1 saturated heterocycles. The molecule has 0 spiro atoms. The number of hydrogen-bond acceptors (Lipinski definition) is 3. The topological polar surface area (TPSA) is 37.4 Å². The lowest BCUT2D eigenvalue weighted by Gasteiger charge is -2.11. The summed E-state index contributed by atoms with van der Waals surface area (Å²) in [7, 11) is 0. The Bertz CT molecular complexity index is 816. The Labute approximate surface area is 139 Å². The van der Waals surface area contributed by atoms with Crippen molar-refractivity contribution < 1.29 is 18.4 Å². The molecule has 1 aliphatic heterocycles. The van der Waals surface area contributed by atoms with Crippen LogP contribution in [-0.4, -0.2) is 11.1 Å². The summed E-state index contributed by atoms with van der Waals surface area (Å²) in [5.41, 5.74) is 0.288. The minimum Gasteiger partial charge on any atom is -0.268 e. The Morgan fingerprint density at radius 3 is 2.39 bits per heavy atom. The fourth-order valence-corrected chi connectivity index (χ4v) is 3.10. The van der Waals surface area contributed by atoms with Crippen LogP contribution in [0.2, 0.25) is 5.02 Å². The Morgan fingerprint density at radius 2 is 1.74 bits per heavy atom. The second-order valence-corrected chi connectivity index (χ2v) is 6.03. The molecule has 116 valence electrons. The van der Waals surface area contributed by atoms with Crippen molar-refractivity contribution in [1.29, 1.82) is 0 Å². The zero-order valence-corrected chi connectivity index (χ0v) is 13.0. The predicted molar refractivity (Wildman–Crippen MR) is 86.3 cm³/mol. The molecular weight excluding hydrogens is 344 g/mol. The summed E-state index contributed by atoms with van der Waals surface area (Å²) in [5.74, 6) is -1.67. The van der Waals surface area contributed by atoms with Crippen molar-refractivity contribution in [2.75, 3.05) is 4.90 Å². The monoisotopic (exact) mass is 351 g/mol. The highest BCUT2D eigenvalue weighted by Gasteiger charge is 2.36. The fraction of sp³-hybridized carbons (Fsp3) is 0. The first-order chi connectivity index (χ1) is 11.0. The average Bonchev–Trinajstić information content (AvgIpc) is 2.79. The van der Waals surface area contributed by atoms with E-state index in [-0.39, 0.29) is 21.2 Å². The molecule has 3 rings (SSSR count). The maximum Gasteiger partial charge on any atom is 0.298 e. The second kappa shape index (κ2) is 6.14. The predicted octanol–water partition coefficient (Wildman–Crippen LogP) is 4.86. The molecule has 0 aliphatic carbocycles. The van der Waals surface area contributed by atoms with Gasteiger partial charge in [0.15, 0.2) is 0 Å². The number of hydrogen-bond donors (Lipinski definition) is 0. The highest BCUT2D eigenvalue weighted by atomic mass is 35.5. The normalized spacial score (nSPS) is 16.5. The zero-order chi connectivity index (χ0) is 16.6. The van der Waals surface area contributed by atoms with E-state index in [2.05, 4.69) is 0 Å². The highest BCUT2D eigenvalue weighted by molar-refractivity contribution is 8.19. The summed E-state index contributed by atoms with van der Waals surface area (Å²) in [5, 5.41) is -0.404. The van der Waals surface area contributed by atoms with Crippen LogP contribution in [0.5, 0.6) is 0 Å². The summed E-state index contributed by atoms with van der Waals surface area (Å²) < 4.78 is 26.8. The molecule has 0 aromatic heterocycles. The molecule has 0 N–H and O–H groups in total. The molecule has 2 amide bonds. The second-order valence-electron chi connectivity index (χ2n) is 4.63. The number of imide groups is 1. The molecule has 0 bridgehead atoms. The Morgan fingerprint density at radius 1 is 1.04 bits per heavy atom. The van der Waals surface area contributed by atoms with Gasteiger partial charge in [0.2, 0.25) is 0 Å². The van der Waals surface area contributed by atoms with Crippen molar-refractivity contribution in [2.24, 2.45) is 0 Å². The summed E-state index contributed by atoms with van der Waals surface area (Å²) in [6.07, 6.45) is 1.24. The SMILES string of the molecule is O=C1S/C(=C\c2c(F)cccc2Cl)C(=O)N1c1ccc(F)cc1. The van der Waals surface area contributed by atoms with Crippen molar-refractivity contribution in [2.45, 2.75) is 0 Å². The van der Waals surface area contributed by atoms with E-state index in [4.69, 9.17) is 11.6 Å². The summed E-state index contributed by atoms with van der Waals surface area (Å²) >= 11 is 6.59. The number of benzene rings is 2. The highest BCUT2D eigenvalue weighted by Crippen LogP contribution is 2.36. The third-order valence-corrected chi connectivity index (χ3v) is 4.35. The van der Waals surface area contributed by atoms with Gasteiger partial charge in [-0.25, -0.2) is 13.7 Å². The first-order valence-electron chi connectivity index (χ1n) is 6.45. The van der Waals surface area contributed by atoms with Gasteiger partial charge in [-0.05, 0) is 54.2 Å². The molecule has 0 atom stereocenters.